The summed E-state index contributed by atoms with van der Waals surface area (Å²) in [6.45, 7) is 6.85. The standard InChI is InChI=1S/C20H38N6O7/c1-9(2)14(21)19(32)26-15(10(3)4)20(33)23-11(5)16(29)24-13(8-28)18(31)25-12(7-27)17(30)22-6/h9-15,27-28H,7-8,21H2,1-6H3,(H,22,30)(H,23,33)(H,24,29)(H,25,31)(H,26,32)/t11-,12-,13-,14-,15-/m0/s1. The number of carbonyl (C=O) groups is 5. The first kappa shape index (κ1) is 30.2. The Labute approximate surface area is 193 Å². The number of nitrogens with one attached hydrogen (secondary N) is 5. The van der Waals surface area contributed by atoms with E-state index in [1.165, 1.54) is 14.0 Å². The Morgan fingerprint density at radius 2 is 1.15 bits per heavy atom. The van der Waals surface area contributed by atoms with Crippen LogP contribution < -0.4 is 32.3 Å². The van der Waals surface area contributed by atoms with Crippen LogP contribution in [0.5, 0.6) is 0 Å². The van der Waals surface area contributed by atoms with Crippen molar-refractivity contribution in [3.8, 4) is 0 Å². The molecule has 0 fully saturated rings. The molecule has 190 valence electrons. The highest BCUT2D eigenvalue weighted by Gasteiger charge is 2.31. The van der Waals surface area contributed by atoms with Gasteiger partial charge >= 0.3 is 0 Å². The summed E-state index contributed by atoms with van der Waals surface area (Å²) < 4.78 is 0. The van der Waals surface area contributed by atoms with E-state index in [1.807, 2.05) is 0 Å². The summed E-state index contributed by atoms with van der Waals surface area (Å²) in [5.41, 5.74) is 5.82. The summed E-state index contributed by atoms with van der Waals surface area (Å²) in [5.74, 6) is -3.91. The Hall–Kier alpha value is -2.77. The molecular weight excluding hydrogens is 436 g/mol. The summed E-state index contributed by atoms with van der Waals surface area (Å²) in [7, 11) is 1.32. The largest absolute Gasteiger partial charge is 0.394 e. The number of likely N-dealkylation sites (N-methyl/N-ethyl adjacent to an activating group) is 1. The quantitative estimate of drug-likeness (QED) is 0.133. The Morgan fingerprint density at radius 1 is 0.667 bits per heavy atom. The van der Waals surface area contributed by atoms with Gasteiger partial charge in [0.15, 0.2) is 0 Å². The van der Waals surface area contributed by atoms with E-state index in [0.717, 1.165) is 0 Å². The fourth-order valence-corrected chi connectivity index (χ4v) is 2.59. The predicted octanol–water partition coefficient (Wildman–Crippen LogP) is -3.68. The lowest BCUT2D eigenvalue weighted by Crippen LogP contribution is -2.60. The molecule has 0 radical (unpaired) electrons. The number of amides is 5. The average molecular weight is 475 g/mol. The molecule has 0 aliphatic heterocycles. The van der Waals surface area contributed by atoms with Gasteiger partial charge in [-0.3, -0.25) is 24.0 Å². The minimum Gasteiger partial charge on any atom is -0.394 e. The van der Waals surface area contributed by atoms with Crippen LogP contribution in [0.3, 0.4) is 0 Å². The van der Waals surface area contributed by atoms with Crippen molar-refractivity contribution < 1.29 is 34.2 Å². The van der Waals surface area contributed by atoms with E-state index >= 15 is 0 Å². The fourth-order valence-electron chi connectivity index (χ4n) is 2.59. The van der Waals surface area contributed by atoms with E-state index < -0.39 is 73.0 Å². The zero-order valence-corrected chi connectivity index (χ0v) is 20.0. The van der Waals surface area contributed by atoms with Crippen molar-refractivity contribution in [1.82, 2.24) is 26.6 Å². The summed E-state index contributed by atoms with van der Waals surface area (Å²) in [5, 5.41) is 30.4. The highest BCUT2D eigenvalue weighted by Crippen LogP contribution is 2.05. The normalized spacial score (nSPS) is 15.6. The van der Waals surface area contributed by atoms with Gasteiger partial charge in [-0.1, -0.05) is 27.7 Å². The maximum absolute atomic E-state index is 12.7. The van der Waals surface area contributed by atoms with Gasteiger partial charge in [0.25, 0.3) is 0 Å². The second kappa shape index (κ2) is 14.4. The van der Waals surface area contributed by atoms with E-state index in [9.17, 15) is 34.2 Å². The van der Waals surface area contributed by atoms with Crippen molar-refractivity contribution in [1.29, 1.82) is 0 Å². The minimum atomic E-state index is -1.43. The molecular formula is C20H38N6O7. The van der Waals surface area contributed by atoms with E-state index in [1.54, 1.807) is 27.7 Å². The molecule has 5 amide bonds. The molecule has 13 heteroatoms. The summed E-state index contributed by atoms with van der Waals surface area (Å²) >= 11 is 0. The number of aliphatic hydroxyl groups is 2. The molecule has 0 unspecified atom stereocenters. The van der Waals surface area contributed by atoms with Gasteiger partial charge in [-0.05, 0) is 18.8 Å². The summed E-state index contributed by atoms with van der Waals surface area (Å²) in [6, 6.07) is -5.57. The SMILES string of the molecule is CNC(=O)[C@H](CO)NC(=O)[C@H](CO)NC(=O)[C@H](C)NC(=O)[C@@H](NC(=O)[C@@H](N)C(C)C)C(C)C. The van der Waals surface area contributed by atoms with Gasteiger partial charge in [-0.2, -0.15) is 0 Å². The summed E-state index contributed by atoms with van der Waals surface area (Å²) in [6.07, 6.45) is 0. The monoisotopic (exact) mass is 474 g/mol. The molecule has 5 atom stereocenters. The predicted molar refractivity (Wildman–Crippen MR) is 119 cm³/mol. The lowest BCUT2D eigenvalue weighted by atomic mass is 10.00. The van der Waals surface area contributed by atoms with Crippen LogP contribution in [0.15, 0.2) is 0 Å². The number of nitrogens with two attached hydrogens (primary N) is 1. The second-order valence-electron chi connectivity index (χ2n) is 8.33. The number of carbonyl (C=O) groups excluding carboxylic acids is 5. The molecule has 0 spiro atoms. The number of rotatable bonds is 13. The molecule has 0 bridgehead atoms. The van der Waals surface area contributed by atoms with Crippen LogP contribution in [0.4, 0.5) is 0 Å². The van der Waals surface area contributed by atoms with Crippen molar-refractivity contribution in [2.45, 2.75) is 64.8 Å². The third-order valence-electron chi connectivity index (χ3n) is 4.90. The van der Waals surface area contributed by atoms with Crippen molar-refractivity contribution in [2.75, 3.05) is 20.3 Å². The average Bonchev–Trinajstić information content (AvgIpc) is 2.76. The van der Waals surface area contributed by atoms with Crippen LogP contribution in [-0.4, -0.2) is 90.2 Å². The first-order valence-corrected chi connectivity index (χ1v) is 10.7. The van der Waals surface area contributed by atoms with Crippen LogP contribution in [0.1, 0.15) is 34.6 Å². The van der Waals surface area contributed by atoms with Gasteiger partial charge in [-0.25, -0.2) is 0 Å². The molecule has 0 saturated carbocycles. The molecule has 0 saturated heterocycles. The van der Waals surface area contributed by atoms with Gasteiger partial charge in [0.05, 0.1) is 19.3 Å². The molecule has 0 aromatic carbocycles. The highest BCUT2D eigenvalue weighted by molar-refractivity contribution is 5.95. The molecule has 0 aromatic heterocycles. The van der Waals surface area contributed by atoms with E-state index in [0.29, 0.717) is 0 Å². The second-order valence-corrected chi connectivity index (χ2v) is 8.33. The Bertz CT molecular complexity index is 700. The first-order valence-electron chi connectivity index (χ1n) is 10.7. The van der Waals surface area contributed by atoms with E-state index in [-0.39, 0.29) is 11.8 Å². The lowest BCUT2D eigenvalue weighted by molar-refractivity contribution is -0.135. The minimum absolute atomic E-state index is 0.138. The van der Waals surface area contributed by atoms with Crippen LogP contribution in [0, 0.1) is 11.8 Å². The zero-order valence-electron chi connectivity index (χ0n) is 20.0. The molecule has 0 aliphatic carbocycles. The number of hydrogen-bond donors (Lipinski definition) is 8. The van der Waals surface area contributed by atoms with Crippen LogP contribution in [0.2, 0.25) is 0 Å². The molecule has 0 aliphatic rings. The lowest BCUT2D eigenvalue weighted by Gasteiger charge is -2.26. The van der Waals surface area contributed by atoms with Crippen molar-refractivity contribution in [3.05, 3.63) is 0 Å². The molecule has 33 heavy (non-hydrogen) atoms. The molecule has 0 heterocycles. The van der Waals surface area contributed by atoms with E-state index in [2.05, 4.69) is 26.6 Å². The smallest absolute Gasteiger partial charge is 0.245 e. The number of aliphatic hydroxyl groups excluding tert-OH is 2. The van der Waals surface area contributed by atoms with Crippen LogP contribution in [-0.2, 0) is 24.0 Å². The Kier molecular flexibility index (Phi) is 13.2. The Morgan fingerprint density at radius 3 is 1.58 bits per heavy atom. The summed E-state index contributed by atoms with van der Waals surface area (Å²) in [4.78, 5) is 61.2. The molecule has 13 nitrogen and oxygen atoms in total. The van der Waals surface area contributed by atoms with Crippen molar-refractivity contribution in [3.63, 3.8) is 0 Å². The van der Waals surface area contributed by atoms with Crippen molar-refractivity contribution in [2.24, 2.45) is 17.6 Å². The van der Waals surface area contributed by atoms with Gasteiger partial charge in [-0.15, -0.1) is 0 Å². The zero-order chi connectivity index (χ0) is 25.9. The van der Waals surface area contributed by atoms with Crippen molar-refractivity contribution >= 4 is 29.5 Å². The van der Waals surface area contributed by atoms with Crippen LogP contribution in [0.25, 0.3) is 0 Å². The first-order chi connectivity index (χ1) is 15.3. The third kappa shape index (κ3) is 9.72. The van der Waals surface area contributed by atoms with Gasteiger partial charge in [0.2, 0.25) is 29.5 Å². The van der Waals surface area contributed by atoms with Crippen LogP contribution >= 0.6 is 0 Å². The highest BCUT2D eigenvalue weighted by atomic mass is 16.3. The topological polar surface area (TPSA) is 212 Å². The van der Waals surface area contributed by atoms with Gasteiger partial charge in [0.1, 0.15) is 24.2 Å². The Balaban J connectivity index is 5.10. The van der Waals surface area contributed by atoms with Gasteiger partial charge < -0.3 is 42.5 Å². The third-order valence-corrected chi connectivity index (χ3v) is 4.90. The number of hydrogen-bond acceptors (Lipinski definition) is 8. The molecule has 0 aromatic rings. The molecule has 9 N–H and O–H groups in total. The molecule has 0 rings (SSSR count). The van der Waals surface area contributed by atoms with E-state index in [4.69, 9.17) is 5.73 Å². The van der Waals surface area contributed by atoms with Gasteiger partial charge in [0, 0.05) is 7.05 Å². The maximum Gasteiger partial charge on any atom is 0.245 e. The maximum atomic E-state index is 12.7. The fraction of sp³-hybridized carbons (Fsp3) is 0.750.